The van der Waals surface area contributed by atoms with Crippen molar-refractivity contribution in [2.75, 3.05) is 32.5 Å². The van der Waals surface area contributed by atoms with E-state index in [4.69, 9.17) is 0 Å². The van der Waals surface area contributed by atoms with Crippen molar-refractivity contribution in [3.05, 3.63) is 29.8 Å². The second kappa shape index (κ2) is 8.15. The Morgan fingerprint density at radius 3 is 2.90 bits per heavy atom. The van der Waals surface area contributed by atoms with E-state index in [1.54, 1.807) is 0 Å². The maximum atomic E-state index is 12.1. The molecule has 0 aliphatic carbocycles. The number of nitrogens with one attached hydrogen (secondary N) is 2. The van der Waals surface area contributed by atoms with Gasteiger partial charge in [0.15, 0.2) is 0 Å². The van der Waals surface area contributed by atoms with Crippen LogP contribution in [0.2, 0.25) is 0 Å². The van der Waals surface area contributed by atoms with Crippen LogP contribution >= 0.6 is 0 Å². The molecule has 1 heterocycles. The van der Waals surface area contributed by atoms with Crippen molar-refractivity contribution in [3.63, 3.8) is 0 Å². The highest BCUT2D eigenvalue weighted by Gasteiger charge is 2.15. The monoisotopic (exact) mass is 289 g/mol. The minimum atomic E-state index is 0.131. The van der Waals surface area contributed by atoms with Crippen LogP contribution in [0.15, 0.2) is 24.3 Å². The number of carbonyl (C=O) groups excluding carboxylic acids is 1. The summed E-state index contributed by atoms with van der Waals surface area (Å²) in [5.74, 6) is 0.785. The zero-order chi connectivity index (χ0) is 15.1. The van der Waals surface area contributed by atoms with Gasteiger partial charge in [0, 0.05) is 18.7 Å². The van der Waals surface area contributed by atoms with E-state index in [1.165, 1.54) is 12.8 Å². The molecular formula is C17H27N3O. The summed E-state index contributed by atoms with van der Waals surface area (Å²) in [7, 11) is 4.07. The number of piperidine rings is 1. The second-order valence-electron chi connectivity index (χ2n) is 6.19. The van der Waals surface area contributed by atoms with E-state index in [0.717, 1.165) is 37.3 Å². The first-order valence-corrected chi connectivity index (χ1v) is 7.88. The first kappa shape index (κ1) is 16.0. The summed E-state index contributed by atoms with van der Waals surface area (Å²) in [6.07, 6.45) is 4.08. The molecule has 0 saturated carbocycles. The standard InChI is InChI=1S/C17H27N3O/c1-20(2)13-15-7-3-4-8-16(15)19-17(21)10-9-14-6-5-11-18-12-14/h3-4,7-8,14,18H,5-6,9-13H2,1-2H3,(H,19,21). The first-order valence-electron chi connectivity index (χ1n) is 7.88. The lowest BCUT2D eigenvalue weighted by Crippen LogP contribution is -2.30. The Labute approximate surface area is 127 Å². The van der Waals surface area contributed by atoms with Crippen molar-refractivity contribution in [2.45, 2.75) is 32.2 Å². The predicted molar refractivity (Wildman–Crippen MR) is 87.3 cm³/mol. The molecule has 2 N–H and O–H groups in total. The molecule has 1 aromatic carbocycles. The molecule has 21 heavy (non-hydrogen) atoms. The van der Waals surface area contributed by atoms with Gasteiger partial charge in [-0.25, -0.2) is 0 Å². The summed E-state index contributed by atoms with van der Waals surface area (Å²) >= 11 is 0. The zero-order valence-corrected chi connectivity index (χ0v) is 13.2. The molecule has 1 amide bonds. The molecule has 1 unspecified atom stereocenters. The average molecular weight is 289 g/mol. The molecule has 1 aromatic rings. The molecule has 1 saturated heterocycles. The fourth-order valence-electron chi connectivity index (χ4n) is 2.84. The van der Waals surface area contributed by atoms with Crippen LogP contribution in [0.25, 0.3) is 0 Å². The number of rotatable bonds is 6. The number of amides is 1. The Morgan fingerprint density at radius 2 is 2.19 bits per heavy atom. The van der Waals surface area contributed by atoms with Crippen LogP contribution in [0, 0.1) is 5.92 Å². The number of hydrogen-bond donors (Lipinski definition) is 2. The highest BCUT2D eigenvalue weighted by Crippen LogP contribution is 2.19. The molecule has 1 aliphatic rings. The first-order chi connectivity index (χ1) is 10.1. The molecule has 0 radical (unpaired) electrons. The number of carbonyl (C=O) groups is 1. The van der Waals surface area contributed by atoms with E-state index in [0.29, 0.717) is 12.3 Å². The fourth-order valence-corrected chi connectivity index (χ4v) is 2.84. The van der Waals surface area contributed by atoms with Gasteiger partial charge in [0.2, 0.25) is 5.91 Å². The van der Waals surface area contributed by atoms with Gasteiger partial charge in [-0.05, 0) is 64.0 Å². The summed E-state index contributed by atoms with van der Waals surface area (Å²) in [4.78, 5) is 14.3. The van der Waals surface area contributed by atoms with Gasteiger partial charge < -0.3 is 15.5 Å². The average Bonchev–Trinajstić information content (AvgIpc) is 2.48. The Balaban J connectivity index is 1.84. The quantitative estimate of drug-likeness (QED) is 0.845. The number of benzene rings is 1. The minimum absolute atomic E-state index is 0.131. The predicted octanol–water partition coefficient (Wildman–Crippen LogP) is 2.47. The largest absolute Gasteiger partial charge is 0.326 e. The van der Waals surface area contributed by atoms with E-state index in [9.17, 15) is 4.79 Å². The lowest BCUT2D eigenvalue weighted by molar-refractivity contribution is -0.116. The van der Waals surface area contributed by atoms with Crippen LogP contribution in [0.1, 0.15) is 31.2 Å². The highest BCUT2D eigenvalue weighted by atomic mass is 16.1. The Kier molecular flexibility index (Phi) is 6.21. The van der Waals surface area contributed by atoms with E-state index in [-0.39, 0.29) is 5.91 Å². The fraction of sp³-hybridized carbons (Fsp3) is 0.588. The number of nitrogens with zero attached hydrogens (tertiary/aromatic N) is 1. The van der Waals surface area contributed by atoms with E-state index in [1.807, 2.05) is 32.3 Å². The molecule has 1 atom stereocenters. The molecule has 1 aliphatic heterocycles. The molecule has 4 nitrogen and oxygen atoms in total. The SMILES string of the molecule is CN(C)Cc1ccccc1NC(=O)CCC1CCCNC1. The maximum absolute atomic E-state index is 12.1. The molecule has 0 spiro atoms. The molecule has 0 bridgehead atoms. The lowest BCUT2D eigenvalue weighted by atomic mass is 9.94. The van der Waals surface area contributed by atoms with Crippen LogP contribution in [-0.4, -0.2) is 38.0 Å². The summed E-state index contributed by atoms with van der Waals surface area (Å²) < 4.78 is 0. The van der Waals surface area contributed by atoms with Crippen molar-refractivity contribution >= 4 is 11.6 Å². The Hall–Kier alpha value is -1.39. The normalized spacial score (nSPS) is 18.7. The van der Waals surface area contributed by atoms with Gasteiger partial charge in [0.05, 0.1) is 0 Å². The summed E-state index contributed by atoms with van der Waals surface area (Å²) in [6.45, 7) is 3.02. The van der Waals surface area contributed by atoms with Gasteiger partial charge in [0.1, 0.15) is 0 Å². The third kappa shape index (κ3) is 5.48. The maximum Gasteiger partial charge on any atom is 0.224 e. The van der Waals surface area contributed by atoms with Crippen LogP contribution in [-0.2, 0) is 11.3 Å². The van der Waals surface area contributed by atoms with Gasteiger partial charge in [-0.2, -0.15) is 0 Å². The molecule has 0 aromatic heterocycles. The van der Waals surface area contributed by atoms with Crippen molar-refractivity contribution in [1.29, 1.82) is 0 Å². The third-order valence-corrected chi connectivity index (χ3v) is 3.96. The lowest BCUT2D eigenvalue weighted by Gasteiger charge is -2.22. The van der Waals surface area contributed by atoms with Gasteiger partial charge in [0.25, 0.3) is 0 Å². The minimum Gasteiger partial charge on any atom is -0.326 e. The number of anilines is 1. The Morgan fingerprint density at radius 1 is 1.38 bits per heavy atom. The van der Waals surface area contributed by atoms with Crippen molar-refractivity contribution in [2.24, 2.45) is 5.92 Å². The van der Waals surface area contributed by atoms with E-state index < -0.39 is 0 Å². The third-order valence-electron chi connectivity index (χ3n) is 3.96. The van der Waals surface area contributed by atoms with Crippen LogP contribution in [0.3, 0.4) is 0 Å². The van der Waals surface area contributed by atoms with Gasteiger partial charge >= 0.3 is 0 Å². The smallest absolute Gasteiger partial charge is 0.224 e. The van der Waals surface area contributed by atoms with E-state index in [2.05, 4.69) is 21.6 Å². The molecule has 2 rings (SSSR count). The van der Waals surface area contributed by atoms with Gasteiger partial charge in [-0.15, -0.1) is 0 Å². The van der Waals surface area contributed by atoms with Gasteiger partial charge in [-0.1, -0.05) is 18.2 Å². The van der Waals surface area contributed by atoms with E-state index >= 15 is 0 Å². The number of hydrogen-bond acceptors (Lipinski definition) is 3. The molecule has 4 heteroatoms. The van der Waals surface area contributed by atoms with Crippen molar-refractivity contribution < 1.29 is 4.79 Å². The summed E-state index contributed by atoms with van der Waals surface area (Å²) in [6, 6.07) is 8.04. The van der Waals surface area contributed by atoms with Gasteiger partial charge in [-0.3, -0.25) is 4.79 Å². The molecule has 116 valence electrons. The van der Waals surface area contributed by atoms with Crippen molar-refractivity contribution in [1.82, 2.24) is 10.2 Å². The Bertz CT molecular complexity index is 453. The van der Waals surface area contributed by atoms with Crippen LogP contribution in [0.5, 0.6) is 0 Å². The second-order valence-corrected chi connectivity index (χ2v) is 6.19. The van der Waals surface area contributed by atoms with Crippen LogP contribution < -0.4 is 10.6 Å². The topological polar surface area (TPSA) is 44.4 Å². The molecule has 1 fully saturated rings. The summed E-state index contributed by atoms with van der Waals surface area (Å²) in [5.41, 5.74) is 2.10. The summed E-state index contributed by atoms with van der Waals surface area (Å²) in [5, 5.41) is 6.47. The van der Waals surface area contributed by atoms with Crippen molar-refractivity contribution in [3.8, 4) is 0 Å². The highest BCUT2D eigenvalue weighted by molar-refractivity contribution is 5.91. The zero-order valence-electron chi connectivity index (χ0n) is 13.2. The van der Waals surface area contributed by atoms with Crippen LogP contribution in [0.4, 0.5) is 5.69 Å². The number of para-hydroxylation sites is 1. The molecular weight excluding hydrogens is 262 g/mol.